The summed E-state index contributed by atoms with van der Waals surface area (Å²) in [5, 5.41) is 15.6. The minimum atomic E-state index is -0.859. The van der Waals surface area contributed by atoms with Gasteiger partial charge >= 0.3 is 5.97 Å². The highest BCUT2D eigenvalue weighted by atomic mass is 16.4. The zero-order chi connectivity index (χ0) is 13.3. The zero-order valence-electron chi connectivity index (χ0n) is 10.7. The molecule has 0 radical (unpaired) electrons. The van der Waals surface area contributed by atoms with Crippen molar-refractivity contribution >= 4 is 5.97 Å². The molecule has 2 N–H and O–H groups in total. The standard InChI is InChI=1S/C14H16N2O2/c1-8-4-10(3)11(5-9(8)2)12-7-15-16-13(12)6-14(17)18/h4-5,7H,6H2,1-3H3,(H,15,16)(H,17,18). The first kappa shape index (κ1) is 12.4. The molecule has 0 aliphatic carbocycles. The molecule has 0 atom stereocenters. The van der Waals surface area contributed by atoms with Gasteiger partial charge < -0.3 is 5.11 Å². The molecule has 0 fully saturated rings. The van der Waals surface area contributed by atoms with E-state index in [4.69, 9.17) is 5.11 Å². The Kier molecular flexibility index (Phi) is 3.19. The number of carboxylic acid groups (broad SMARTS) is 1. The second-order valence-corrected chi connectivity index (χ2v) is 4.58. The van der Waals surface area contributed by atoms with Crippen LogP contribution in [0.2, 0.25) is 0 Å². The SMILES string of the molecule is Cc1cc(C)c(-c2cn[nH]c2CC(=O)O)cc1C. The lowest BCUT2D eigenvalue weighted by molar-refractivity contribution is -0.136. The van der Waals surface area contributed by atoms with E-state index in [2.05, 4.69) is 36.2 Å². The Hall–Kier alpha value is -2.10. The van der Waals surface area contributed by atoms with Crippen molar-refractivity contribution < 1.29 is 9.90 Å². The topological polar surface area (TPSA) is 66.0 Å². The third-order valence-electron chi connectivity index (χ3n) is 3.18. The van der Waals surface area contributed by atoms with Gasteiger partial charge in [-0.1, -0.05) is 12.1 Å². The lowest BCUT2D eigenvalue weighted by Gasteiger charge is -2.09. The second-order valence-electron chi connectivity index (χ2n) is 4.58. The summed E-state index contributed by atoms with van der Waals surface area (Å²) in [5.74, 6) is -0.859. The molecule has 2 rings (SSSR count). The molecule has 1 heterocycles. The van der Waals surface area contributed by atoms with Gasteiger partial charge in [-0.3, -0.25) is 9.89 Å². The van der Waals surface area contributed by atoms with Crippen molar-refractivity contribution in [1.29, 1.82) is 0 Å². The molecule has 0 aliphatic heterocycles. The van der Waals surface area contributed by atoms with Crippen LogP contribution in [0.25, 0.3) is 11.1 Å². The molecular weight excluding hydrogens is 228 g/mol. The summed E-state index contributed by atoms with van der Waals surface area (Å²) in [4.78, 5) is 10.8. The van der Waals surface area contributed by atoms with Gasteiger partial charge in [0.15, 0.2) is 0 Å². The van der Waals surface area contributed by atoms with Crippen molar-refractivity contribution in [3.05, 3.63) is 40.7 Å². The second kappa shape index (κ2) is 4.64. The normalized spacial score (nSPS) is 10.6. The number of aromatic amines is 1. The molecule has 0 unspecified atom stereocenters. The monoisotopic (exact) mass is 244 g/mol. The quantitative estimate of drug-likeness (QED) is 0.872. The average Bonchev–Trinajstić information content (AvgIpc) is 2.70. The van der Waals surface area contributed by atoms with E-state index in [1.54, 1.807) is 6.20 Å². The maximum atomic E-state index is 10.8. The van der Waals surface area contributed by atoms with Gasteiger partial charge in [-0.05, 0) is 43.0 Å². The number of H-pyrrole nitrogens is 1. The third kappa shape index (κ3) is 2.27. The Balaban J connectivity index is 2.52. The summed E-state index contributed by atoms with van der Waals surface area (Å²) in [6, 6.07) is 4.20. The summed E-state index contributed by atoms with van der Waals surface area (Å²) in [7, 11) is 0. The Labute approximate surface area is 106 Å². The van der Waals surface area contributed by atoms with Crippen LogP contribution in [0.15, 0.2) is 18.3 Å². The number of hydrogen-bond donors (Lipinski definition) is 2. The van der Waals surface area contributed by atoms with Crippen LogP contribution in [0, 0.1) is 20.8 Å². The number of aromatic nitrogens is 2. The number of hydrogen-bond acceptors (Lipinski definition) is 2. The fraction of sp³-hybridized carbons (Fsp3) is 0.286. The summed E-state index contributed by atoms with van der Waals surface area (Å²) in [5.41, 5.74) is 6.12. The largest absolute Gasteiger partial charge is 0.481 e. The maximum Gasteiger partial charge on any atom is 0.309 e. The lowest BCUT2D eigenvalue weighted by Crippen LogP contribution is -2.02. The number of nitrogens with one attached hydrogen (secondary N) is 1. The van der Waals surface area contributed by atoms with E-state index in [0.717, 1.165) is 16.7 Å². The van der Waals surface area contributed by atoms with Gasteiger partial charge in [0.05, 0.1) is 18.3 Å². The molecule has 18 heavy (non-hydrogen) atoms. The number of carboxylic acids is 1. The van der Waals surface area contributed by atoms with E-state index in [0.29, 0.717) is 5.69 Å². The van der Waals surface area contributed by atoms with Crippen molar-refractivity contribution in [2.75, 3.05) is 0 Å². The molecule has 0 aliphatic rings. The number of nitrogens with zero attached hydrogens (tertiary/aromatic N) is 1. The third-order valence-corrected chi connectivity index (χ3v) is 3.18. The molecule has 0 saturated carbocycles. The van der Waals surface area contributed by atoms with E-state index in [1.807, 2.05) is 6.92 Å². The molecule has 1 aromatic heterocycles. The van der Waals surface area contributed by atoms with E-state index in [9.17, 15) is 4.79 Å². The van der Waals surface area contributed by atoms with Gasteiger partial charge in [-0.2, -0.15) is 5.10 Å². The van der Waals surface area contributed by atoms with Gasteiger partial charge in [0, 0.05) is 5.56 Å². The number of aliphatic carboxylic acids is 1. The first-order valence-corrected chi connectivity index (χ1v) is 5.81. The maximum absolute atomic E-state index is 10.8. The minimum absolute atomic E-state index is 0.0400. The van der Waals surface area contributed by atoms with Crippen LogP contribution in [0.5, 0.6) is 0 Å². The molecule has 4 heteroatoms. The Morgan fingerprint density at radius 3 is 2.50 bits per heavy atom. The number of rotatable bonds is 3. The smallest absolute Gasteiger partial charge is 0.309 e. The summed E-state index contributed by atoms with van der Waals surface area (Å²) in [6.07, 6.45) is 1.65. The van der Waals surface area contributed by atoms with Crippen LogP contribution in [0.3, 0.4) is 0 Å². The van der Waals surface area contributed by atoms with Gasteiger partial charge in [-0.15, -0.1) is 0 Å². The molecule has 0 spiro atoms. The van der Waals surface area contributed by atoms with Gasteiger partial charge in [0.2, 0.25) is 0 Å². The van der Waals surface area contributed by atoms with E-state index in [1.165, 1.54) is 11.1 Å². The molecular formula is C14H16N2O2. The van der Waals surface area contributed by atoms with Crippen LogP contribution in [-0.4, -0.2) is 21.3 Å². The highest BCUT2D eigenvalue weighted by Gasteiger charge is 2.13. The molecule has 94 valence electrons. The van der Waals surface area contributed by atoms with Crippen molar-refractivity contribution in [3.63, 3.8) is 0 Å². The highest BCUT2D eigenvalue weighted by molar-refractivity contribution is 5.76. The zero-order valence-corrected chi connectivity index (χ0v) is 10.7. The fourth-order valence-electron chi connectivity index (χ4n) is 2.08. The molecule has 2 aromatic rings. The van der Waals surface area contributed by atoms with Crippen molar-refractivity contribution in [2.45, 2.75) is 27.2 Å². The van der Waals surface area contributed by atoms with Crippen molar-refractivity contribution in [3.8, 4) is 11.1 Å². The minimum Gasteiger partial charge on any atom is -0.481 e. The predicted octanol–water partition coefficient (Wildman–Crippen LogP) is 2.63. The van der Waals surface area contributed by atoms with Gasteiger partial charge in [-0.25, -0.2) is 0 Å². The molecule has 4 nitrogen and oxygen atoms in total. The average molecular weight is 244 g/mol. The van der Waals surface area contributed by atoms with E-state index >= 15 is 0 Å². The number of carbonyl (C=O) groups is 1. The first-order chi connectivity index (χ1) is 8.49. The first-order valence-electron chi connectivity index (χ1n) is 5.81. The van der Waals surface area contributed by atoms with E-state index < -0.39 is 5.97 Å². The Morgan fingerprint density at radius 2 is 1.83 bits per heavy atom. The molecule has 1 aromatic carbocycles. The molecule has 0 bridgehead atoms. The van der Waals surface area contributed by atoms with Gasteiger partial charge in [0.25, 0.3) is 0 Å². The van der Waals surface area contributed by atoms with E-state index in [-0.39, 0.29) is 6.42 Å². The van der Waals surface area contributed by atoms with Crippen LogP contribution < -0.4 is 0 Å². The highest BCUT2D eigenvalue weighted by Crippen LogP contribution is 2.28. The van der Waals surface area contributed by atoms with Crippen LogP contribution in [0.1, 0.15) is 22.4 Å². The summed E-state index contributed by atoms with van der Waals surface area (Å²) in [6.45, 7) is 6.15. The van der Waals surface area contributed by atoms with Crippen LogP contribution in [-0.2, 0) is 11.2 Å². The van der Waals surface area contributed by atoms with Crippen molar-refractivity contribution in [1.82, 2.24) is 10.2 Å². The van der Waals surface area contributed by atoms with Crippen LogP contribution in [0.4, 0.5) is 0 Å². The van der Waals surface area contributed by atoms with Crippen molar-refractivity contribution in [2.24, 2.45) is 0 Å². The number of aryl methyl sites for hydroxylation is 3. The lowest BCUT2D eigenvalue weighted by atomic mass is 9.95. The predicted molar refractivity (Wildman–Crippen MR) is 69.6 cm³/mol. The fourth-order valence-corrected chi connectivity index (χ4v) is 2.08. The molecule has 0 amide bonds. The van der Waals surface area contributed by atoms with Gasteiger partial charge in [0.1, 0.15) is 0 Å². The number of benzene rings is 1. The summed E-state index contributed by atoms with van der Waals surface area (Å²) < 4.78 is 0. The van der Waals surface area contributed by atoms with Crippen LogP contribution >= 0.6 is 0 Å². The molecule has 0 saturated heterocycles. The Bertz CT molecular complexity index is 600. The summed E-state index contributed by atoms with van der Waals surface area (Å²) >= 11 is 0. The Morgan fingerprint density at radius 1 is 1.17 bits per heavy atom.